The van der Waals surface area contributed by atoms with Crippen LogP contribution in [0.2, 0.25) is 0 Å². The number of nitrogens with one attached hydrogen (secondary N) is 1. The van der Waals surface area contributed by atoms with E-state index in [1.54, 1.807) is 0 Å². The molecule has 0 saturated heterocycles. The smallest absolute Gasteiger partial charge is 0.354 e. The minimum Gasteiger partial charge on any atom is -0.354 e. The summed E-state index contributed by atoms with van der Waals surface area (Å²) in [6.07, 6.45) is -4.67. The molecule has 0 atom stereocenters. The fourth-order valence-electron chi connectivity index (χ4n) is 2.10. The number of amides is 1. The molecule has 1 amide bonds. The monoisotopic (exact) mass is 324 g/mol. The Labute approximate surface area is 126 Å². The number of carbonyl (C=O) groups excluding carboxylic acids is 1. The van der Waals surface area contributed by atoms with Crippen LogP contribution in [0.5, 0.6) is 0 Å². The molecule has 3 rings (SSSR count). The van der Waals surface area contributed by atoms with E-state index in [4.69, 9.17) is 4.52 Å². The topological polar surface area (TPSA) is 55.1 Å². The second kappa shape index (κ2) is 5.38. The van der Waals surface area contributed by atoms with Crippen molar-refractivity contribution in [2.24, 2.45) is 0 Å². The largest absolute Gasteiger partial charge is 0.417 e. The maximum absolute atomic E-state index is 13.2. The van der Waals surface area contributed by atoms with Crippen LogP contribution in [-0.2, 0) is 6.18 Å². The molecule has 118 valence electrons. The molecule has 0 aliphatic heterocycles. The Morgan fingerprint density at radius 1 is 1.13 bits per heavy atom. The van der Waals surface area contributed by atoms with E-state index in [1.165, 1.54) is 18.2 Å². The third-order valence-electron chi connectivity index (χ3n) is 3.14. The number of aromatic nitrogens is 1. The molecule has 0 aliphatic rings. The lowest BCUT2D eigenvalue weighted by atomic mass is 10.1. The second-order valence-electron chi connectivity index (χ2n) is 4.67. The number of carbonyl (C=O) groups is 1. The SMILES string of the molecule is O=C(Nc1noc2ccc(F)cc12)c1ccccc1C(F)(F)F. The van der Waals surface area contributed by atoms with E-state index in [0.29, 0.717) is 0 Å². The van der Waals surface area contributed by atoms with Crippen molar-refractivity contribution < 1.29 is 26.9 Å². The van der Waals surface area contributed by atoms with Crippen molar-refractivity contribution in [2.75, 3.05) is 5.32 Å². The summed E-state index contributed by atoms with van der Waals surface area (Å²) in [6.45, 7) is 0. The van der Waals surface area contributed by atoms with Crippen LogP contribution >= 0.6 is 0 Å². The lowest BCUT2D eigenvalue weighted by molar-refractivity contribution is -0.137. The average Bonchev–Trinajstić information content (AvgIpc) is 2.88. The van der Waals surface area contributed by atoms with Crippen LogP contribution in [0.4, 0.5) is 23.4 Å². The van der Waals surface area contributed by atoms with Gasteiger partial charge in [0.25, 0.3) is 5.91 Å². The molecule has 8 heteroatoms. The van der Waals surface area contributed by atoms with Gasteiger partial charge in [-0.3, -0.25) is 4.79 Å². The van der Waals surface area contributed by atoms with Crippen molar-refractivity contribution >= 4 is 22.7 Å². The van der Waals surface area contributed by atoms with Crippen molar-refractivity contribution in [1.82, 2.24) is 5.16 Å². The maximum Gasteiger partial charge on any atom is 0.417 e. The van der Waals surface area contributed by atoms with Gasteiger partial charge in [-0.1, -0.05) is 17.3 Å². The van der Waals surface area contributed by atoms with Crippen LogP contribution < -0.4 is 5.32 Å². The van der Waals surface area contributed by atoms with Crippen LogP contribution in [-0.4, -0.2) is 11.1 Å². The average molecular weight is 324 g/mol. The molecular weight excluding hydrogens is 316 g/mol. The highest BCUT2D eigenvalue weighted by Gasteiger charge is 2.35. The third-order valence-corrected chi connectivity index (χ3v) is 3.14. The number of hydrogen-bond donors (Lipinski definition) is 1. The molecule has 0 spiro atoms. The second-order valence-corrected chi connectivity index (χ2v) is 4.67. The number of halogens is 4. The van der Waals surface area contributed by atoms with Crippen LogP contribution in [0, 0.1) is 5.82 Å². The Balaban J connectivity index is 1.97. The fourth-order valence-corrected chi connectivity index (χ4v) is 2.10. The van der Waals surface area contributed by atoms with E-state index >= 15 is 0 Å². The van der Waals surface area contributed by atoms with Gasteiger partial charge >= 0.3 is 6.18 Å². The first-order valence-electron chi connectivity index (χ1n) is 6.39. The van der Waals surface area contributed by atoms with Gasteiger partial charge in [0, 0.05) is 0 Å². The van der Waals surface area contributed by atoms with E-state index < -0.39 is 29.0 Å². The third kappa shape index (κ3) is 2.87. The fraction of sp³-hybridized carbons (Fsp3) is 0.0667. The predicted molar refractivity (Wildman–Crippen MR) is 73.4 cm³/mol. The van der Waals surface area contributed by atoms with Crippen LogP contribution in [0.3, 0.4) is 0 Å². The molecule has 0 aliphatic carbocycles. The number of hydrogen-bond acceptors (Lipinski definition) is 3. The van der Waals surface area contributed by atoms with E-state index in [2.05, 4.69) is 10.5 Å². The summed E-state index contributed by atoms with van der Waals surface area (Å²) in [5.41, 5.74) is -1.44. The standard InChI is InChI=1S/C15H8F4N2O2/c16-8-5-6-12-10(7-8)13(21-23-12)20-14(22)9-3-1-2-4-11(9)15(17,18)19/h1-7H,(H,20,21,22). The first-order valence-corrected chi connectivity index (χ1v) is 6.39. The Kier molecular flexibility index (Phi) is 3.51. The summed E-state index contributed by atoms with van der Waals surface area (Å²) in [5, 5.41) is 5.90. The molecule has 4 nitrogen and oxygen atoms in total. The molecule has 3 aromatic rings. The van der Waals surface area contributed by atoms with Crippen LogP contribution in [0.15, 0.2) is 47.0 Å². The van der Waals surface area contributed by atoms with Gasteiger partial charge in [-0.25, -0.2) is 4.39 Å². The Morgan fingerprint density at radius 3 is 2.61 bits per heavy atom. The van der Waals surface area contributed by atoms with E-state index in [-0.39, 0.29) is 16.8 Å². The molecule has 2 aromatic carbocycles. The summed E-state index contributed by atoms with van der Waals surface area (Å²) in [7, 11) is 0. The van der Waals surface area contributed by atoms with Gasteiger partial charge in [0.05, 0.1) is 16.5 Å². The van der Waals surface area contributed by atoms with E-state index in [1.807, 2.05) is 0 Å². The molecule has 0 radical (unpaired) electrons. The highest BCUT2D eigenvalue weighted by Crippen LogP contribution is 2.32. The quantitative estimate of drug-likeness (QED) is 0.717. The zero-order valence-corrected chi connectivity index (χ0v) is 11.3. The molecule has 0 fully saturated rings. The number of anilines is 1. The first kappa shape index (κ1) is 15.0. The van der Waals surface area contributed by atoms with Crippen molar-refractivity contribution in [1.29, 1.82) is 0 Å². The van der Waals surface area contributed by atoms with Gasteiger partial charge in [-0.15, -0.1) is 0 Å². The summed E-state index contributed by atoms with van der Waals surface area (Å²) in [6, 6.07) is 7.84. The molecule has 0 saturated carbocycles. The normalized spacial score (nSPS) is 11.7. The van der Waals surface area contributed by atoms with Crippen molar-refractivity contribution in [3.63, 3.8) is 0 Å². The Hall–Kier alpha value is -2.90. The number of nitrogens with zero attached hydrogens (tertiary/aromatic N) is 1. The zero-order valence-electron chi connectivity index (χ0n) is 11.3. The minimum absolute atomic E-state index is 0.151. The first-order chi connectivity index (χ1) is 10.9. The molecule has 1 aromatic heterocycles. The van der Waals surface area contributed by atoms with Crippen molar-refractivity contribution in [3.05, 3.63) is 59.4 Å². The zero-order chi connectivity index (χ0) is 16.6. The van der Waals surface area contributed by atoms with Crippen molar-refractivity contribution in [3.8, 4) is 0 Å². The Morgan fingerprint density at radius 2 is 1.87 bits per heavy atom. The van der Waals surface area contributed by atoms with E-state index in [0.717, 1.165) is 24.3 Å². The molecular formula is C15H8F4N2O2. The van der Waals surface area contributed by atoms with Crippen LogP contribution in [0.25, 0.3) is 11.0 Å². The number of rotatable bonds is 2. The Bertz CT molecular complexity index is 887. The van der Waals surface area contributed by atoms with Crippen LogP contribution in [0.1, 0.15) is 15.9 Å². The molecule has 23 heavy (non-hydrogen) atoms. The van der Waals surface area contributed by atoms with Gasteiger partial charge in [-0.05, 0) is 30.3 Å². The molecule has 1 N–H and O–H groups in total. The summed E-state index contributed by atoms with van der Waals surface area (Å²) in [4.78, 5) is 12.1. The van der Waals surface area contributed by atoms with Gasteiger partial charge in [-0.2, -0.15) is 13.2 Å². The lowest BCUT2D eigenvalue weighted by Gasteiger charge is -2.11. The minimum atomic E-state index is -4.67. The highest BCUT2D eigenvalue weighted by atomic mass is 19.4. The molecule has 0 bridgehead atoms. The van der Waals surface area contributed by atoms with Gasteiger partial charge in [0.15, 0.2) is 11.4 Å². The summed E-state index contributed by atoms with van der Waals surface area (Å²) < 4.78 is 56.9. The maximum atomic E-state index is 13.2. The van der Waals surface area contributed by atoms with Gasteiger partial charge < -0.3 is 9.84 Å². The van der Waals surface area contributed by atoms with Crippen molar-refractivity contribution in [2.45, 2.75) is 6.18 Å². The highest BCUT2D eigenvalue weighted by molar-refractivity contribution is 6.08. The predicted octanol–water partition coefficient (Wildman–Crippen LogP) is 4.24. The molecule has 1 heterocycles. The summed E-state index contributed by atoms with van der Waals surface area (Å²) >= 11 is 0. The van der Waals surface area contributed by atoms with Gasteiger partial charge in [0.1, 0.15) is 5.82 Å². The lowest BCUT2D eigenvalue weighted by Crippen LogP contribution is -2.18. The number of alkyl halides is 3. The van der Waals surface area contributed by atoms with E-state index in [9.17, 15) is 22.4 Å². The van der Waals surface area contributed by atoms with Gasteiger partial charge in [0.2, 0.25) is 0 Å². The number of benzene rings is 2. The number of fused-ring (bicyclic) bond motifs is 1. The summed E-state index contributed by atoms with van der Waals surface area (Å²) in [5.74, 6) is -1.76. The molecule has 0 unspecified atom stereocenters.